The molecule has 2 aromatic rings. The minimum atomic E-state index is -0.605. The van der Waals surface area contributed by atoms with Crippen molar-refractivity contribution in [3.63, 3.8) is 0 Å². The summed E-state index contributed by atoms with van der Waals surface area (Å²) in [5.41, 5.74) is 2.24. The van der Waals surface area contributed by atoms with Crippen LogP contribution in [0.5, 0.6) is 5.75 Å². The van der Waals surface area contributed by atoms with Crippen molar-refractivity contribution >= 4 is 51.0 Å². The highest BCUT2D eigenvalue weighted by atomic mass is 79.9. The highest BCUT2D eigenvalue weighted by Gasteiger charge is 2.48. The maximum absolute atomic E-state index is 13.0. The second kappa shape index (κ2) is 8.83. The zero-order chi connectivity index (χ0) is 24.0. The van der Waals surface area contributed by atoms with Crippen molar-refractivity contribution in [2.24, 2.45) is 17.8 Å². The number of nitrogens with zero attached hydrogens (tertiary/aromatic N) is 2. The van der Waals surface area contributed by atoms with E-state index in [9.17, 15) is 19.2 Å². The first-order chi connectivity index (χ1) is 16.3. The van der Waals surface area contributed by atoms with Gasteiger partial charge in [0.05, 0.1) is 23.4 Å². The van der Waals surface area contributed by atoms with Crippen LogP contribution >= 0.6 is 15.9 Å². The lowest BCUT2D eigenvalue weighted by atomic mass is 9.82. The minimum absolute atomic E-state index is 0.0629. The second-order valence-electron chi connectivity index (χ2n) is 9.02. The molecule has 0 radical (unpaired) electrons. The maximum atomic E-state index is 13.0. The fourth-order valence-corrected chi connectivity index (χ4v) is 5.18. The van der Waals surface area contributed by atoms with E-state index in [-0.39, 0.29) is 48.3 Å². The first-order valence-corrected chi connectivity index (χ1v) is 12.0. The van der Waals surface area contributed by atoms with E-state index in [0.29, 0.717) is 18.5 Å². The molecule has 0 bridgehead atoms. The van der Waals surface area contributed by atoms with Crippen LogP contribution in [0.4, 0.5) is 11.4 Å². The summed E-state index contributed by atoms with van der Waals surface area (Å²) in [6.07, 6.45) is 3.24. The quantitative estimate of drug-likeness (QED) is 0.259. The molecule has 3 amide bonds. The van der Waals surface area contributed by atoms with Gasteiger partial charge in [-0.3, -0.25) is 19.2 Å². The number of ether oxygens (including phenoxy) is 1. The van der Waals surface area contributed by atoms with Crippen LogP contribution in [-0.2, 0) is 19.2 Å². The van der Waals surface area contributed by atoms with Gasteiger partial charge in [0, 0.05) is 29.2 Å². The summed E-state index contributed by atoms with van der Waals surface area (Å²) < 4.78 is 6.47. The van der Waals surface area contributed by atoms with Crippen LogP contribution in [0.2, 0.25) is 0 Å². The van der Waals surface area contributed by atoms with E-state index in [0.717, 1.165) is 15.7 Å². The number of fused-ring (bicyclic) bond motifs is 1. The molecule has 2 aliphatic heterocycles. The Morgan fingerprint density at radius 3 is 2.47 bits per heavy atom. The maximum Gasteiger partial charge on any atom is 0.316 e. The molecule has 0 saturated carbocycles. The van der Waals surface area contributed by atoms with E-state index >= 15 is 0 Å². The standard InChI is InChI=1S/C26H23BrN2O5/c1-15-5-10-21-22(11-15)25(32)29(24(21)31)19-3-2-4-20(13-19)34-26(33)16-12-23(30)28(14-16)18-8-6-17(27)7-9-18/h2-9,13,16,21-22H,10-12,14H2,1H3/t16-,21+,22-/m1/s1. The van der Waals surface area contributed by atoms with Crippen molar-refractivity contribution in [1.29, 1.82) is 0 Å². The molecule has 8 heteroatoms. The number of carbonyl (C=O) groups is 4. The van der Waals surface area contributed by atoms with Crippen molar-refractivity contribution in [3.05, 3.63) is 64.7 Å². The van der Waals surface area contributed by atoms with Crippen LogP contribution in [0.3, 0.4) is 0 Å². The topological polar surface area (TPSA) is 84.0 Å². The number of allylic oxidation sites excluding steroid dienone is 2. The van der Waals surface area contributed by atoms with Crippen LogP contribution in [0, 0.1) is 17.8 Å². The highest BCUT2D eigenvalue weighted by Crippen LogP contribution is 2.40. The molecule has 34 heavy (non-hydrogen) atoms. The molecule has 3 atom stereocenters. The number of carbonyl (C=O) groups excluding carboxylic acids is 4. The molecule has 0 aromatic heterocycles. The molecular weight excluding hydrogens is 500 g/mol. The molecule has 1 aliphatic carbocycles. The SMILES string of the molecule is CC1=CC[C@@H]2C(=O)N(c3cccc(OC(=O)[C@@H]4CC(=O)N(c5ccc(Br)cc5)C4)c3)C(=O)[C@@H]2C1. The predicted molar refractivity (Wildman–Crippen MR) is 129 cm³/mol. The van der Waals surface area contributed by atoms with Gasteiger partial charge < -0.3 is 9.64 Å². The van der Waals surface area contributed by atoms with E-state index < -0.39 is 11.9 Å². The van der Waals surface area contributed by atoms with Gasteiger partial charge in [-0.1, -0.05) is 33.6 Å². The summed E-state index contributed by atoms with van der Waals surface area (Å²) in [5, 5.41) is 0. The minimum Gasteiger partial charge on any atom is -0.426 e. The highest BCUT2D eigenvalue weighted by molar-refractivity contribution is 9.10. The molecule has 0 unspecified atom stereocenters. The number of amides is 3. The van der Waals surface area contributed by atoms with Crippen molar-refractivity contribution in [3.8, 4) is 5.75 Å². The Balaban J connectivity index is 1.29. The molecule has 0 spiro atoms. The summed E-state index contributed by atoms with van der Waals surface area (Å²) in [5.74, 6) is -2.12. The lowest BCUT2D eigenvalue weighted by Crippen LogP contribution is -2.31. The Morgan fingerprint density at radius 1 is 0.971 bits per heavy atom. The zero-order valence-electron chi connectivity index (χ0n) is 18.6. The molecule has 2 fully saturated rings. The number of halogens is 1. The van der Waals surface area contributed by atoms with Gasteiger partial charge in [0.1, 0.15) is 5.75 Å². The average molecular weight is 523 g/mol. The van der Waals surface area contributed by atoms with Crippen LogP contribution in [0.1, 0.15) is 26.2 Å². The predicted octanol–water partition coefficient (Wildman–Crippen LogP) is 4.25. The van der Waals surface area contributed by atoms with E-state index in [1.165, 1.54) is 11.0 Å². The Morgan fingerprint density at radius 2 is 1.71 bits per heavy atom. The molecule has 3 aliphatic rings. The average Bonchev–Trinajstić information content (AvgIpc) is 3.32. The van der Waals surface area contributed by atoms with E-state index in [4.69, 9.17) is 4.74 Å². The second-order valence-corrected chi connectivity index (χ2v) is 9.93. The first-order valence-electron chi connectivity index (χ1n) is 11.2. The first kappa shape index (κ1) is 22.5. The van der Waals surface area contributed by atoms with Crippen LogP contribution in [0.25, 0.3) is 0 Å². The van der Waals surface area contributed by atoms with Gasteiger partial charge in [0.25, 0.3) is 0 Å². The Bertz CT molecular complexity index is 1220. The largest absolute Gasteiger partial charge is 0.426 e. The molecule has 0 N–H and O–H groups in total. The lowest BCUT2D eigenvalue weighted by Gasteiger charge is -2.18. The van der Waals surface area contributed by atoms with Gasteiger partial charge in [-0.25, -0.2) is 4.90 Å². The third-order valence-corrected chi connectivity index (χ3v) is 7.24. The van der Waals surface area contributed by atoms with Gasteiger partial charge in [-0.15, -0.1) is 0 Å². The Kier molecular flexibility index (Phi) is 5.85. The molecule has 5 rings (SSSR count). The summed E-state index contributed by atoms with van der Waals surface area (Å²) in [4.78, 5) is 54.1. The molecular formula is C26H23BrN2O5. The third kappa shape index (κ3) is 4.07. The van der Waals surface area contributed by atoms with Gasteiger partial charge in [-0.2, -0.15) is 0 Å². The van der Waals surface area contributed by atoms with Crippen molar-refractivity contribution in [2.45, 2.75) is 26.2 Å². The monoisotopic (exact) mass is 522 g/mol. The number of hydrogen-bond acceptors (Lipinski definition) is 5. The smallest absolute Gasteiger partial charge is 0.316 e. The molecule has 2 saturated heterocycles. The normalized spacial score (nSPS) is 24.4. The van der Waals surface area contributed by atoms with Crippen LogP contribution in [-0.4, -0.2) is 30.2 Å². The fraction of sp³-hybridized carbons (Fsp3) is 0.308. The van der Waals surface area contributed by atoms with Gasteiger partial charge in [-0.05, 0) is 56.2 Å². The van der Waals surface area contributed by atoms with Crippen molar-refractivity contribution in [2.75, 3.05) is 16.3 Å². The Labute approximate surface area is 205 Å². The van der Waals surface area contributed by atoms with Crippen molar-refractivity contribution in [1.82, 2.24) is 0 Å². The Hall–Kier alpha value is -3.26. The fourth-order valence-electron chi connectivity index (χ4n) is 4.91. The van der Waals surface area contributed by atoms with E-state index in [1.807, 2.05) is 37.3 Å². The van der Waals surface area contributed by atoms with Gasteiger partial charge in [0.15, 0.2) is 0 Å². The number of imide groups is 1. The number of rotatable bonds is 4. The summed E-state index contributed by atoms with van der Waals surface area (Å²) >= 11 is 3.37. The summed E-state index contributed by atoms with van der Waals surface area (Å²) in [6.45, 7) is 2.21. The van der Waals surface area contributed by atoms with Crippen molar-refractivity contribution < 1.29 is 23.9 Å². The molecule has 174 valence electrons. The summed E-state index contributed by atoms with van der Waals surface area (Å²) in [7, 11) is 0. The number of hydrogen-bond donors (Lipinski definition) is 0. The van der Waals surface area contributed by atoms with Crippen LogP contribution in [0.15, 0.2) is 64.7 Å². The van der Waals surface area contributed by atoms with Gasteiger partial charge in [0.2, 0.25) is 17.7 Å². The lowest BCUT2D eigenvalue weighted by molar-refractivity contribution is -0.139. The van der Waals surface area contributed by atoms with Crippen LogP contribution < -0.4 is 14.5 Å². The molecule has 2 aromatic carbocycles. The van der Waals surface area contributed by atoms with Gasteiger partial charge >= 0.3 is 5.97 Å². The summed E-state index contributed by atoms with van der Waals surface area (Å²) in [6, 6.07) is 13.8. The van der Waals surface area contributed by atoms with E-state index in [1.54, 1.807) is 23.1 Å². The number of benzene rings is 2. The number of esters is 1. The third-order valence-electron chi connectivity index (χ3n) is 6.71. The zero-order valence-corrected chi connectivity index (χ0v) is 20.2. The molecule has 7 nitrogen and oxygen atoms in total. The van der Waals surface area contributed by atoms with E-state index in [2.05, 4.69) is 15.9 Å². The molecule has 2 heterocycles. The number of anilines is 2.